The van der Waals surface area contributed by atoms with Crippen molar-refractivity contribution in [3.63, 3.8) is 0 Å². The maximum absolute atomic E-state index is 6.00. The van der Waals surface area contributed by atoms with Crippen LogP contribution in [0, 0.1) is 6.92 Å². The van der Waals surface area contributed by atoms with Crippen LogP contribution in [0.3, 0.4) is 0 Å². The van der Waals surface area contributed by atoms with E-state index in [-0.39, 0.29) is 11.2 Å². The summed E-state index contributed by atoms with van der Waals surface area (Å²) < 4.78 is 17.9. The summed E-state index contributed by atoms with van der Waals surface area (Å²) in [4.78, 5) is 0. The number of aryl methyl sites for hydroxylation is 1. The third-order valence-electron chi connectivity index (χ3n) is 4.45. The fourth-order valence-corrected chi connectivity index (χ4v) is 2.31. The molecule has 0 unspecified atom stereocenters. The molecule has 0 N–H and O–H groups in total. The molecule has 1 aromatic heterocycles. The molecule has 0 aliphatic carbocycles. The second-order valence-corrected chi connectivity index (χ2v) is 6.66. The first-order valence-electron chi connectivity index (χ1n) is 7.31. The van der Waals surface area contributed by atoms with E-state index in [1.54, 1.807) is 0 Å². The summed E-state index contributed by atoms with van der Waals surface area (Å²) in [5, 5.41) is 0. The van der Waals surface area contributed by atoms with E-state index in [2.05, 4.69) is 31.2 Å². The van der Waals surface area contributed by atoms with Crippen molar-refractivity contribution >= 4 is 12.8 Å². The van der Waals surface area contributed by atoms with Gasteiger partial charge in [0.05, 0.1) is 11.2 Å². The van der Waals surface area contributed by atoms with Gasteiger partial charge in [-0.15, -0.1) is 0 Å². The van der Waals surface area contributed by atoms with E-state index < -0.39 is 7.12 Å². The van der Waals surface area contributed by atoms with Crippen molar-refractivity contribution in [2.24, 2.45) is 0 Å². The smallest absolute Gasteiger partial charge is 0.465 e. The Kier molecular flexibility index (Phi) is 3.26. The third kappa shape index (κ3) is 2.54. The number of benzene rings is 1. The highest BCUT2D eigenvalue weighted by Crippen LogP contribution is 2.36. The van der Waals surface area contributed by atoms with Gasteiger partial charge in [-0.2, -0.15) is 0 Å². The molecule has 110 valence electrons. The van der Waals surface area contributed by atoms with E-state index in [0.29, 0.717) is 5.66 Å². The highest BCUT2D eigenvalue weighted by molar-refractivity contribution is 6.60. The molecule has 0 amide bonds. The molecular weight excluding hydrogens is 263 g/mol. The minimum atomic E-state index is -0.450. The molecule has 1 aromatic carbocycles. The lowest BCUT2D eigenvalue weighted by Gasteiger charge is -2.32. The zero-order valence-electron chi connectivity index (χ0n) is 13.3. The van der Waals surface area contributed by atoms with E-state index in [1.807, 2.05) is 39.8 Å². The van der Waals surface area contributed by atoms with Crippen LogP contribution in [0.1, 0.15) is 33.3 Å². The zero-order chi connectivity index (χ0) is 15.3. The molecule has 2 heterocycles. The third-order valence-corrected chi connectivity index (χ3v) is 4.45. The van der Waals surface area contributed by atoms with E-state index in [4.69, 9.17) is 13.7 Å². The van der Waals surface area contributed by atoms with Gasteiger partial charge in [0, 0.05) is 5.56 Å². The van der Waals surface area contributed by atoms with Crippen LogP contribution in [0.4, 0.5) is 0 Å². The van der Waals surface area contributed by atoms with Gasteiger partial charge in [0.1, 0.15) is 11.4 Å². The lowest BCUT2D eigenvalue weighted by molar-refractivity contribution is 0.00578. The van der Waals surface area contributed by atoms with Crippen LogP contribution in [0.15, 0.2) is 40.8 Å². The van der Waals surface area contributed by atoms with Gasteiger partial charge < -0.3 is 13.7 Å². The number of hydrogen-bond donors (Lipinski definition) is 0. The van der Waals surface area contributed by atoms with Crippen molar-refractivity contribution < 1.29 is 13.7 Å². The van der Waals surface area contributed by atoms with Gasteiger partial charge in [-0.25, -0.2) is 0 Å². The van der Waals surface area contributed by atoms with Gasteiger partial charge in [-0.1, -0.05) is 29.8 Å². The van der Waals surface area contributed by atoms with Gasteiger partial charge in [0.15, 0.2) is 0 Å². The number of hydrogen-bond acceptors (Lipinski definition) is 3. The molecule has 0 bridgehead atoms. The lowest BCUT2D eigenvalue weighted by atomic mass is 9.86. The van der Waals surface area contributed by atoms with Crippen molar-refractivity contribution in [2.45, 2.75) is 45.8 Å². The molecular formula is C17H21BO3. The second-order valence-electron chi connectivity index (χ2n) is 6.66. The molecule has 0 saturated carbocycles. The monoisotopic (exact) mass is 284 g/mol. The average molecular weight is 284 g/mol. The van der Waals surface area contributed by atoms with Crippen molar-refractivity contribution in [3.8, 4) is 11.3 Å². The molecule has 2 aromatic rings. The maximum Gasteiger partial charge on any atom is 0.532 e. The van der Waals surface area contributed by atoms with Crippen LogP contribution in [-0.2, 0) is 9.31 Å². The highest BCUT2D eigenvalue weighted by Gasteiger charge is 2.53. The van der Waals surface area contributed by atoms with E-state index in [9.17, 15) is 0 Å². The quantitative estimate of drug-likeness (QED) is 0.790. The zero-order valence-corrected chi connectivity index (χ0v) is 13.3. The Morgan fingerprint density at radius 3 is 1.95 bits per heavy atom. The Morgan fingerprint density at radius 1 is 0.810 bits per heavy atom. The Bertz CT molecular complexity index is 624. The maximum atomic E-state index is 6.00. The summed E-state index contributed by atoms with van der Waals surface area (Å²) in [5.41, 5.74) is 2.30. The minimum absolute atomic E-state index is 0.353. The van der Waals surface area contributed by atoms with Crippen LogP contribution in [0.5, 0.6) is 0 Å². The molecule has 1 saturated heterocycles. The molecule has 0 spiro atoms. The summed E-state index contributed by atoms with van der Waals surface area (Å²) in [6.07, 6.45) is 0. The first-order valence-corrected chi connectivity index (χ1v) is 7.31. The number of rotatable bonds is 2. The molecule has 1 fully saturated rings. The van der Waals surface area contributed by atoms with Gasteiger partial charge in [-0.3, -0.25) is 0 Å². The first-order chi connectivity index (χ1) is 9.78. The summed E-state index contributed by atoms with van der Waals surface area (Å²) in [6, 6.07) is 12.2. The minimum Gasteiger partial charge on any atom is -0.465 e. The van der Waals surface area contributed by atoms with Gasteiger partial charge in [-0.05, 0) is 46.8 Å². The molecule has 4 heteroatoms. The molecule has 0 radical (unpaired) electrons. The molecule has 3 rings (SSSR count). The number of furan rings is 1. The van der Waals surface area contributed by atoms with Crippen LogP contribution in [0.25, 0.3) is 11.3 Å². The fraction of sp³-hybridized carbons (Fsp3) is 0.412. The normalized spacial score (nSPS) is 20.0. The molecule has 0 atom stereocenters. The van der Waals surface area contributed by atoms with Gasteiger partial charge in [0.25, 0.3) is 0 Å². The van der Waals surface area contributed by atoms with Crippen molar-refractivity contribution in [3.05, 3.63) is 42.0 Å². The van der Waals surface area contributed by atoms with Crippen LogP contribution >= 0.6 is 0 Å². The predicted octanol–water partition coefficient (Wildman–Crippen LogP) is 3.55. The highest BCUT2D eigenvalue weighted by atomic mass is 16.7. The van der Waals surface area contributed by atoms with Crippen molar-refractivity contribution in [1.82, 2.24) is 0 Å². The molecule has 1 aliphatic rings. The fourth-order valence-electron chi connectivity index (χ4n) is 2.31. The van der Waals surface area contributed by atoms with Crippen molar-refractivity contribution in [1.29, 1.82) is 0 Å². The van der Waals surface area contributed by atoms with Gasteiger partial charge in [0.2, 0.25) is 0 Å². The molecule has 21 heavy (non-hydrogen) atoms. The predicted molar refractivity (Wildman–Crippen MR) is 84.6 cm³/mol. The van der Waals surface area contributed by atoms with Gasteiger partial charge >= 0.3 is 7.12 Å². The Balaban J connectivity index is 1.85. The van der Waals surface area contributed by atoms with E-state index in [1.165, 1.54) is 5.56 Å². The second kappa shape index (κ2) is 4.75. The topological polar surface area (TPSA) is 31.6 Å². The Hall–Kier alpha value is -1.52. The summed E-state index contributed by atoms with van der Waals surface area (Å²) in [5.74, 6) is 0.833. The van der Waals surface area contributed by atoms with E-state index >= 15 is 0 Å². The lowest BCUT2D eigenvalue weighted by Crippen LogP contribution is -2.41. The standard InChI is InChI=1S/C17H21BO3/c1-12-6-8-13(9-7-12)14-10-11-15(19-14)18-20-16(2,3)17(4,5)21-18/h6-11H,1-5H3. The SMILES string of the molecule is Cc1ccc(-c2ccc(B3OC(C)(C)C(C)(C)O3)o2)cc1. The largest absolute Gasteiger partial charge is 0.532 e. The molecule has 3 nitrogen and oxygen atoms in total. The summed E-state index contributed by atoms with van der Waals surface area (Å²) in [7, 11) is -0.450. The van der Waals surface area contributed by atoms with Crippen LogP contribution < -0.4 is 5.66 Å². The molecule has 1 aliphatic heterocycles. The van der Waals surface area contributed by atoms with Crippen molar-refractivity contribution in [2.75, 3.05) is 0 Å². The van der Waals surface area contributed by atoms with Crippen LogP contribution in [-0.4, -0.2) is 18.3 Å². The summed E-state index contributed by atoms with van der Waals surface area (Å²) >= 11 is 0. The Morgan fingerprint density at radius 2 is 1.38 bits per heavy atom. The average Bonchev–Trinajstić information content (AvgIpc) is 2.94. The van der Waals surface area contributed by atoms with E-state index in [0.717, 1.165) is 11.3 Å². The van der Waals surface area contributed by atoms with Crippen LogP contribution in [0.2, 0.25) is 0 Å². The first kappa shape index (κ1) is 14.4. The Labute approximate surface area is 126 Å². The summed E-state index contributed by atoms with van der Waals surface area (Å²) in [6.45, 7) is 10.2.